The monoisotopic (exact) mass is 368 g/mol. The van der Waals surface area contributed by atoms with Gasteiger partial charge >= 0.3 is 0 Å². The molecule has 1 amide bonds. The number of amides is 1. The highest BCUT2D eigenvalue weighted by molar-refractivity contribution is 5.81. The summed E-state index contributed by atoms with van der Waals surface area (Å²) in [5.41, 5.74) is 1.31. The summed E-state index contributed by atoms with van der Waals surface area (Å²) < 4.78 is 11.2. The highest BCUT2D eigenvalue weighted by Gasteiger charge is 2.27. The minimum absolute atomic E-state index is 0.0691. The molecule has 2 aromatic rings. The van der Waals surface area contributed by atoms with E-state index in [4.69, 9.17) is 9.47 Å². The number of methoxy groups -OCH3 is 1. The Morgan fingerprint density at radius 1 is 1.00 bits per heavy atom. The predicted molar refractivity (Wildman–Crippen MR) is 106 cm³/mol. The van der Waals surface area contributed by atoms with Gasteiger partial charge in [-0.2, -0.15) is 0 Å². The second kappa shape index (κ2) is 9.42. The van der Waals surface area contributed by atoms with Gasteiger partial charge in [0.25, 0.3) is 5.91 Å². The number of carbonyl (C=O) groups is 1. The second-order valence-corrected chi connectivity index (χ2v) is 6.78. The molecule has 1 fully saturated rings. The summed E-state index contributed by atoms with van der Waals surface area (Å²) >= 11 is 0. The molecular weight excluding hydrogens is 340 g/mol. The van der Waals surface area contributed by atoms with Crippen LogP contribution in [0.3, 0.4) is 0 Å². The number of nitrogens with zero attached hydrogens (tertiary/aromatic N) is 2. The van der Waals surface area contributed by atoms with E-state index in [-0.39, 0.29) is 5.91 Å². The molecular formula is C22H28N2O3. The fourth-order valence-corrected chi connectivity index (χ4v) is 3.32. The van der Waals surface area contributed by atoms with E-state index in [0.29, 0.717) is 12.2 Å². The van der Waals surface area contributed by atoms with Crippen LogP contribution < -0.4 is 9.47 Å². The molecule has 0 unspecified atom stereocenters. The van der Waals surface area contributed by atoms with Gasteiger partial charge in [-0.15, -0.1) is 0 Å². The van der Waals surface area contributed by atoms with Gasteiger partial charge in [-0.1, -0.05) is 43.3 Å². The first-order valence-corrected chi connectivity index (χ1v) is 9.55. The van der Waals surface area contributed by atoms with Gasteiger partial charge in [0.2, 0.25) is 0 Å². The molecule has 0 aromatic heterocycles. The first kappa shape index (κ1) is 19.2. The van der Waals surface area contributed by atoms with Crippen LogP contribution in [0.2, 0.25) is 0 Å². The van der Waals surface area contributed by atoms with Crippen molar-refractivity contribution >= 4 is 5.91 Å². The molecule has 1 aliphatic rings. The molecule has 0 bridgehead atoms. The van der Waals surface area contributed by atoms with Gasteiger partial charge in [0, 0.05) is 38.8 Å². The molecule has 2 aromatic carbocycles. The van der Waals surface area contributed by atoms with Gasteiger partial charge in [0.15, 0.2) is 6.10 Å². The van der Waals surface area contributed by atoms with Gasteiger partial charge in [0.1, 0.15) is 11.5 Å². The molecule has 3 rings (SSSR count). The SMILES string of the molecule is CC[C@@H](Oc1cccc(OC)c1)C(=O)N1CCN(Cc2ccccc2)CC1. The molecule has 0 saturated carbocycles. The number of benzene rings is 2. The van der Waals surface area contributed by atoms with Crippen LogP contribution in [0.1, 0.15) is 18.9 Å². The van der Waals surface area contributed by atoms with Gasteiger partial charge in [0.05, 0.1) is 7.11 Å². The van der Waals surface area contributed by atoms with Gasteiger partial charge < -0.3 is 14.4 Å². The number of ether oxygens (including phenoxy) is 2. The molecule has 0 radical (unpaired) electrons. The number of rotatable bonds is 7. The number of carbonyl (C=O) groups excluding carboxylic acids is 1. The summed E-state index contributed by atoms with van der Waals surface area (Å²) in [6, 6.07) is 17.9. The smallest absolute Gasteiger partial charge is 0.263 e. The minimum atomic E-state index is -0.460. The topological polar surface area (TPSA) is 42.0 Å². The Hall–Kier alpha value is -2.53. The van der Waals surface area contributed by atoms with Gasteiger partial charge in [-0.3, -0.25) is 9.69 Å². The molecule has 144 valence electrons. The molecule has 1 aliphatic heterocycles. The third-order valence-corrected chi connectivity index (χ3v) is 4.90. The molecule has 1 heterocycles. The zero-order valence-corrected chi connectivity index (χ0v) is 16.1. The van der Waals surface area contributed by atoms with Crippen LogP contribution in [0.15, 0.2) is 54.6 Å². The molecule has 1 atom stereocenters. The van der Waals surface area contributed by atoms with Crippen molar-refractivity contribution in [3.8, 4) is 11.5 Å². The van der Waals surface area contributed by atoms with Gasteiger partial charge in [-0.25, -0.2) is 0 Å². The fourth-order valence-electron chi connectivity index (χ4n) is 3.32. The first-order valence-electron chi connectivity index (χ1n) is 9.55. The summed E-state index contributed by atoms with van der Waals surface area (Å²) in [6.07, 6.45) is 0.179. The maximum absolute atomic E-state index is 12.9. The van der Waals surface area contributed by atoms with Crippen molar-refractivity contribution in [1.29, 1.82) is 0 Å². The largest absolute Gasteiger partial charge is 0.497 e. The van der Waals surface area contributed by atoms with Crippen LogP contribution >= 0.6 is 0 Å². The zero-order chi connectivity index (χ0) is 19.1. The Bertz CT molecular complexity index is 727. The van der Waals surface area contributed by atoms with Crippen LogP contribution in [0, 0.1) is 0 Å². The Labute approximate surface area is 161 Å². The van der Waals surface area contributed by atoms with E-state index in [1.807, 2.05) is 42.2 Å². The van der Waals surface area contributed by atoms with Crippen molar-refractivity contribution in [2.75, 3.05) is 33.3 Å². The van der Waals surface area contributed by atoms with E-state index in [2.05, 4.69) is 29.2 Å². The van der Waals surface area contributed by atoms with Crippen LogP contribution in [0.25, 0.3) is 0 Å². The maximum Gasteiger partial charge on any atom is 0.263 e. The highest BCUT2D eigenvalue weighted by atomic mass is 16.5. The van der Waals surface area contributed by atoms with Crippen molar-refractivity contribution in [2.24, 2.45) is 0 Å². The number of hydrogen-bond acceptors (Lipinski definition) is 4. The number of hydrogen-bond donors (Lipinski definition) is 0. The fraction of sp³-hybridized carbons (Fsp3) is 0.409. The molecule has 0 N–H and O–H groups in total. The van der Waals surface area contributed by atoms with E-state index < -0.39 is 6.10 Å². The standard InChI is InChI=1S/C22H28N2O3/c1-3-21(27-20-11-7-10-19(16-20)26-2)22(25)24-14-12-23(13-15-24)17-18-8-5-4-6-9-18/h4-11,16,21H,3,12-15,17H2,1-2H3/t21-/m1/s1. The normalized spacial score (nSPS) is 16.0. The van der Waals surface area contributed by atoms with Crippen molar-refractivity contribution in [1.82, 2.24) is 9.80 Å². The molecule has 27 heavy (non-hydrogen) atoms. The average Bonchev–Trinajstić information content (AvgIpc) is 2.73. The molecule has 1 saturated heterocycles. The predicted octanol–water partition coefficient (Wildman–Crippen LogP) is 3.20. The van der Waals surface area contributed by atoms with E-state index in [1.54, 1.807) is 7.11 Å². The Morgan fingerprint density at radius 3 is 2.37 bits per heavy atom. The van der Waals surface area contributed by atoms with Crippen LogP contribution in [-0.2, 0) is 11.3 Å². The lowest BCUT2D eigenvalue weighted by Gasteiger charge is -2.36. The molecule has 5 heteroatoms. The van der Waals surface area contributed by atoms with E-state index in [0.717, 1.165) is 38.5 Å². The van der Waals surface area contributed by atoms with Crippen molar-refractivity contribution < 1.29 is 14.3 Å². The third-order valence-electron chi connectivity index (χ3n) is 4.90. The lowest BCUT2D eigenvalue weighted by atomic mass is 10.1. The molecule has 0 spiro atoms. The Balaban J connectivity index is 1.53. The Kier molecular flexibility index (Phi) is 6.71. The van der Waals surface area contributed by atoms with Crippen molar-refractivity contribution in [2.45, 2.75) is 26.0 Å². The van der Waals surface area contributed by atoms with Crippen LogP contribution in [0.4, 0.5) is 0 Å². The van der Waals surface area contributed by atoms with Gasteiger partial charge in [-0.05, 0) is 24.1 Å². The maximum atomic E-state index is 12.9. The summed E-state index contributed by atoms with van der Waals surface area (Å²) in [6.45, 7) is 6.16. The van der Waals surface area contributed by atoms with Crippen LogP contribution in [0.5, 0.6) is 11.5 Å². The molecule has 0 aliphatic carbocycles. The Morgan fingerprint density at radius 2 is 1.70 bits per heavy atom. The summed E-state index contributed by atoms with van der Waals surface area (Å²) in [7, 11) is 1.62. The van der Waals surface area contributed by atoms with E-state index in [1.165, 1.54) is 5.56 Å². The van der Waals surface area contributed by atoms with Crippen LogP contribution in [-0.4, -0.2) is 55.1 Å². The summed E-state index contributed by atoms with van der Waals surface area (Å²) in [5, 5.41) is 0. The quantitative estimate of drug-likeness (QED) is 0.753. The van der Waals surface area contributed by atoms with Crippen molar-refractivity contribution in [3.63, 3.8) is 0 Å². The molecule has 5 nitrogen and oxygen atoms in total. The van der Waals surface area contributed by atoms with E-state index in [9.17, 15) is 4.79 Å². The van der Waals surface area contributed by atoms with Crippen molar-refractivity contribution in [3.05, 3.63) is 60.2 Å². The average molecular weight is 368 g/mol. The first-order chi connectivity index (χ1) is 13.2. The third kappa shape index (κ3) is 5.23. The lowest BCUT2D eigenvalue weighted by Crippen LogP contribution is -2.52. The zero-order valence-electron chi connectivity index (χ0n) is 16.1. The second-order valence-electron chi connectivity index (χ2n) is 6.78. The lowest BCUT2D eigenvalue weighted by molar-refractivity contribution is -0.140. The summed E-state index contributed by atoms with van der Waals surface area (Å²) in [5.74, 6) is 1.46. The highest BCUT2D eigenvalue weighted by Crippen LogP contribution is 2.21. The van der Waals surface area contributed by atoms with E-state index >= 15 is 0 Å². The summed E-state index contributed by atoms with van der Waals surface area (Å²) in [4.78, 5) is 17.2. The minimum Gasteiger partial charge on any atom is -0.497 e. The number of piperazine rings is 1.